The summed E-state index contributed by atoms with van der Waals surface area (Å²) in [4.78, 5) is 9.43. The van der Waals surface area contributed by atoms with Crippen molar-refractivity contribution in [3.63, 3.8) is 0 Å². The number of nitrogens with two attached hydrogens (primary N) is 3. The molecule has 0 spiro atoms. The first-order chi connectivity index (χ1) is 4.50. The molecule has 0 unspecified atom stereocenters. The maximum absolute atomic E-state index is 9.43. The van der Waals surface area contributed by atoms with E-state index in [-0.39, 0.29) is 24.9 Å². The van der Waals surface area contributed by atoms with Crippen molar-refractivity contribution >= 4 is 24.3 Å². The van der Waals surface area contributed by atoms with Crippen molar-refractivity contribution in [1.29, 1.82) is 0 Å². The van der Waals surface area contributed by atoms with Crippen molar-refractivity contribution in [3.05, 3.63) is 0 Å². The summed E-state index contributed by atoms with van der Waals surface area (Å²) in [7, 11) is 1.55. The van der Waals surface area contributed by atoms with Crippen LogP contribution in [0.4, 0.5) is 0 Å². The summed E-state index contributed by atoms with van der Waals surface area (Å²) in [5.74, 6) is -1.16. The van der Waals surface area contributed by atoms with Gasteiger partial charge in [-0.2, -0.15) is 0 Å². The summed E-state index contributed by atoms with van der Waals surface area (Å²) >= 11 is 0. The first-order valence-corrected chi connectivity index (χ1v) is 2.48. The Morgan fingerprint density at radius 2 is 1.91 bits per heavy atom. The quantitative estimate of drug-likeness (QED) is 0.254. The molecule has 0 atom stereocenters. The number of likely N-dealkylation sites (N-methyl/N-ethyl adjacent to an activating group) is 1. The number of guanidine groups is 1. The Bertz CT molecular complexity index is 115. The van der Waals surface area contributed by atoms with Gasteiger partial charge >= 0.3 is 5.96 Å². The minimum absolute atomic E-state index is 0. The lowest BCUT2D eigenvalue weighted by atomic mass is 10.7. The minimum atomic E-state index is -1.07. The van der Waals surface area contributed by atoms with Crippen LogP contribution in [0.1, 0.15) is 0 Å². The molecule has 0 rings (SSSR count). The second-order valence-electron chi connectivity index (χ2n) is 1.40. The Kier molecular flexibility index (Phi) is 17.6. The van der Waals surface area contributed by atoms with Gasteiger partial charge in [0.05, 0.1) is 5.97 Å². The average molecular weight is 185 g/mol. The molecule has 0 radical (unpaired) electrons. The first kappa shape index (κ1) is 16.5. The second-order valence-corrected chi connectivity index (χ2v) is 1.40. The summed E-state index contributed by atoms with van der Waals surface area (Å²) < 4.78 is 0. The number of carbonyl (C=O) groups is 1. The summed E-state index contributed by atoms with van der Waals surface area (Å²) in [6.45, 7) is -0.0694. The molecule has 0 saturated carbocycles. The van der Waals surface area contributed by atoms with E-state index >= 15 is 0 Å². The molecule has 0 saturated heterocycles. The first-order valence-electron chi connectivity index (χ1n) is 2.48. The van der Waals surface area contributed by atoms with E-state index < -0.39 is 5.97 Å². The predicted octanol–water partition coefficient (Wildman–Crippen LogP) is -4.60. The third-order valence-electron chi connectivity index (χ3n) is 0.321. The number of halogens is 1. The Hall–Kier alpha value is -1.01. The highest BCUT2D eigenvalue weighted by Gasteiger charge is 1.72. The molecule has 0 heterocycles. The number of rotatable bonds is 2. The van der Waals surface area contributed by atoms with Crippen LogP contribution >= 0.6 is 12.4 Å². The lowest BCUT2D eigenvalue weighted by molar-refractivity contribution is -0.303. The Morgan fingerprint density at radius 1 is 1.64 bits per heavy atom. The van der Waals surface area contributed by atoms with Gasteiger partial charge in [0.2, 0.25) is 0 Å². The summed E-state index contributed by atoms with van der Waals surface area (Å²) in [6, 6.07) is 0. The molecule has 0 aromatic heterocycles. The van der Waals surface area contributed by atoms with E-state index in [2.05, 4.69) is 22.2 Å². The normalized spacial score (nSPS) is 6.64. The zero-order valence-corrected chi connectivity index (χ0v) is 6.98. The fraction of sp³-hybridized carbons (Fsp3) is 0.500. The van der Waals surface area contributed by atoms with E-state index in [4.69, 9.17) is 0 Å². The van der Waals surface area contributed by atoms with Crippen LogP contribution in [0.3, 0.4) is 0 Å². The van der Waals surface area contributed by atoms with Gasteiger partial charge in [-0.1, -0.05) is 0 Å². The van der Waals surface area contributed by atoms with Crippen LogP contribution in [-0.2, 0) is 4.79 Å². The van der Waals surface area contributed by atoms with Crippen LogP contribution in [0.15, 0.2) is 0 Å². The number of hydrogen-bond donors (Lipinski definition) is 4. The molecule has 0 bridgehead atoms. The average Bonchev–Trinajstić information content (AvgIpc) is 1.62. The van der Waals surface area contributed by atoms with Crippen molar-refractivity contribution in [2.24, 2.45) is 11.5 Å². The number of carbonyl (C=O) groups excluding carboxylic acids is 1. The molecule has 68 valence electrons. The molecule has 0 aliphatic heterocycles. The van der Waals surface area contributed by atoms with Gasteiger partial charge in [-0.05, 0) is 7.05 Å². The van der Waals surface area contributed by atoms with Gasteiger partial charge in [0.25, 0.3) is 0 Å². The van der Waals surface area contributed by atoms with Crippen LogP contribution in [0.5, 0.6) is 0 Å². The number of hydrogen-bond acceptors (Lipinski definition) is 3. The van der Waals surface area contributed by atoms with Crippen molar-refractivity contribution in [1.82, 2.24) is 5.32 Å². The lowest BCUT2D eigenvalue weighted by Crippen LogP contribution is -2.51. The number of carboxylic acids is 1. The Morgan fingerprint density at radius 3 is 1.91 bits per heavy atom. The molecular weight excluding hydrogens is 172 g/mol. The summed E-state index contributed by atoms with van der Waals surface area (Å²) in [5, 5.41) is 16.4. The molecule has 0 fully saturated rings. The zero-order chi connectivity index (χ0) is 8.57. The summed E-state index contributed by atoms with van der Waals surface area (Å²) in [6.07, 6.45) is 0. The number of aliphatic carboxylic acids is 1. The predicted molar refractivity (Wildman–Crippen MR) is 41.5 cm³/mol. The molecule has 11 heavy (non-hydrogen) atoms. The monoisotopic (exact) mass is 184 g/mol. The van der Waals surface area contributed by atoms with Gasteiger partial charge in [0.15, 0.2) is 0 Å². The maximum Gasteiger partial charge on any atom is 0.336 e. The fourth-order valence-corrected chi connectivity index (χ4v) is 0.144. The fourth-order valence-electron chi connectivity index (χ4n) is 0.144. The third-order valence-corrected chi connectivity index (χ3v) is 0.321. The lowest BCUT2D eigenvalue weighted by Gasteiger charge is -1.94. The molecule has 0 aliphatic carbocycles. The van der Waals surface area contributed by atoms with Crippen molar-refractivity contribution in [3.8, 4) is 0 Å². The van der Waals surface area contributed by atoms with Crippen LogP contribution < -0.4 is 27.3 Å². The van der Waals surface area contributed by atoms with E-state index in [0.29, 0.717) is 0 Å². The molecule has 6 nitrogen and oxygen atoms in total. The Balaban J connectivity index is -0.000000114. The molecular formula is C4H13ClN4O2. The molecule has 0 amide bonds. The molecule has 7 heteroatoms. The van der Waals surface area contributed by atoms with Crippen LogP contribution in [0, 0.1) is 0 Å². The number of nitrogens with one attached hydrogen (secondary N) is 1. The van der Waals surface area contributed by atoms with Gasteiger partial charge in [-0.3, -0.25) is 16.9 Å². The van der Waals surface area contributed by atoms with Crippen LogP contribution in [-0.4, -0.2) is 25.5 Å². The number of carboxylic acid groups (broad SMARTS) is 1. The SMILES string of the molecule is CNCC(=O)[O-].Cl.NC(N)=[NH2+]. The summed E-state index contributed by atoms with van der Waals surface area (Å²) in [5.41, 5.74) is 9.17. The topological polar surface area (TPSA) is 130 Å². The van der Waals surface area contributed by atoms with Gasteiger partial charge in [0.1, 0.15) is 0 Å². The highest BCUT2D eigenvalue weighted by Crippen LogP contribution is 1.43. The smallest absolute Gasteiger partial charge is 0.336 e. The van der Waals surface area contributed by atoms with E-state index in [1.165, 1.54) is 0 Å². The van der Waals surface area contributed by atoms with Crippen molar-refractivity contribution in [2.75, 3.05) is 13.6 Å². The highest BCUT2D eigenvalue weighted by molar-refractivity contribution is 5.85. The molecule has 0 aromatic carbocycles. The largest absolute Gasteiger partial charge is 0.549 e. The minimum Gasteiger partial charge on any atom is -0.549 e. The van der Waals surface area contributed by atoms with Gasteiger partial charge < -0.3 is 15.2 Å². The van der Waals surface area contributed by atoms with Gasteiger partial charge in [-0.25, -0.2) is 0 Å². The van der Waals surface area contributed by atoms with Crippen molar-refractivity contribution in [2.45, 2.75) is 0 Å². The van der Waals surface area contributed by atoms with E-state index in [1.807, 2.05) is 0 Å². The van der Waals surface area contributed by atoms with Crippen LogP contribution in [0.25, 0.3) is 0 Å². The Labute approximate surface area is 70.9 Å². The van der Waals surface area contributed by atoms with Crippen LogP contribution in [0.2, 0.25) is 0 Å². The molecule has 0 aromatic rings. The molecule has 7 N–H and O–H groups in total. The standard InChI is InChI=1S/C3H7NO2.CH5N3.ClH/c1-4-2-3(5)6;2-1(3)4;/h4H,2H2,1H3,(H,5,6);(H5,2,3,4);1H. The molecule has 0 aliphatic rings. The second kappa shape index (κ2) is 11.7. The van der Waals surface area contributed by atoms with Gasteiger partial charge in [-0.15, -0.1) is 12.4 Å². The van der Waals surface area contributed by atoms with E-state index in [1.54, 1.807) is 7.05 Å². The van der Waals surface area contributed by atoms with Crippen molar-refractivity contribution < 1.29 is 15.3 Å². The van der Waals surface area contributed by atoms with Gasteiger partial charge in [0, 0.05) is 6.54 Å². The maximum atomic E-state index is 9.43. The zero-order valence-electron chi connectivity index (χ0n) is 6.16. The third kappa shape index (κ3) is 111. The van der Waals surface area contributed by atoms with E-state index in [9.17, 15) is 9.90 Å². The highest BCUT2D eigenvalue weighted by atomic mass is 35.5. The van der Waals surface area contributed by atoms with E-state index in [0.717, 1.165) is 0 Å².